The van der Waals surface area contributed by atoms with Crippen molar-refractivity contribution in [2.45, 2.75) is 38.8 Å². The molecule has 4 rings (SSSR count). The number of aliphatic hydroxyl groups excluding tert-OH is 1. The van der Waals surface area contributed by atoms with Crippen LogP contribution in [0.4, 0.5) is 4.39 Å². The van der Waals surface area contributed by atoms with Gasteiger partial charge < -0.3 is 24.4 Å². The van der Waals surface area contributed by atoms with Crippen LogP contribution in [0.25, 0.3) is 11.1 Å². The molecule has 1 N–H and O–H groups in total. The van der Waals surface area contributed by atoms with Gasteiger partial charge in [0.2, 0.25) is 5.88 Å². The molecule has 2 aliphatic rings. The molecule has 8 heteroatoms. The van der Waals surface area contributed by atoms with Crippen LogP contribution >= 0.6 is 0 Å². The second-order valence-corrected chi connectivity index (χ2v) is 9.98. The van der Waals surface area contributed by atoms with E-state index in [2.05, 4.69) is 23.9 Å². The number of hydrogen-bond donors (Lipinski definition) is 1. The van der Waals surface area contributed by atoms with Gasteiger partial charge in [0.15, 0.2) is 0 Å². The molecule has 2 aliphatic heterocycles. The van der Waals surface area contributed by atoms with E-state index >= 15 is 0 Å². The maximum absolute atomic E-state index is 13.6. The zero-order chi connectivity index (χ0) is 24.9. The van der Waals surface area contributed by atoms with Gasteiger partial charge in [0.25, 0.3) is 5.91 Å². The van der Waals surface area contributed by atoms with Crippen LogP contribution in [0.1, 0.15) is 37.0 Å². The Morgan fingerprint density at radius 1 is 1.20 bits per heavy atom. The summed E-state index contributed by atoms with van der Waals surface area (Å²) in [5, 5.41) is 9.86. The van der Waals surface area contributed by atoms with Crippen LogP contribution in [-0.2, 0) is 4.74 Å². The van der Waals surface area contributed by atoms with Crippen LogP contribution in [-0.4, -0.2) is 84.4 Å². The van der Waals surface area contributed by atoms with Gasteiger partial charge in [0.1, 0.15) is 17.5 Å². The second kappa shape index (κ2) is 11.5. The Morgan fingerprint density at radius 2 is 1.91 bits per heavy atom. The van der Waals surface area contributed by atoms with Crippen LogP contribution in [0.5, 0.6) is 5.88 Å². The maximum Gasteiger partial charge on any atom is 0.259 e. The predicted molar refractivity (Wildman–Crippen MR) is 132 cm³/mol. The van der Waals surface area contributed by atoms with Crippen molar-refractivity contribution in [3.63, 3.8) is 0 Å². The molecule has 0 radical (unpaired) electrons. The molecule has 190 valence electrons. The normalized spacial score (nSPS) is 22.3. The molecule has 0 unspecified atom stereocenters. The van der Waals surface area contributed by atoms with Gasteiger partial charge in [-0.05, 0) is 56.5 Å². The van der Waals surface area contributed by atoms with Crippen LogP contribution < -0.4 is 4.74 Å². The first-order valence-corrected chi connectivity index (χ1v) is 12.5. The van der Waals surface area contributed by atoms with Gasteiger partial charge in [-0.2, -0.15) is 0 Å². The first kappa shape index (κ1) is 25.5. The number of benzene rings is 1. The Labute approximate surface area is 206 Å². The molecule has 7 nitrogen and oxygen atoms in total. The third-order valence-electron chi connectivity index (χ3n) is 7.10. The number of fused-ring (bicyclic) bond motifs is 1. The molecular weight excluding hydrogens is 449 g/mol. The molecule has 3 atom stereocenters. The lowest BCUT2D eigenvalue weighted by Crippen LogP contribution is -2.50. The van der Waals surface area contributed by atoms with Gasteiger partial charge in [0, 0.05) is 50.5 Å². The van der Waals surface area contributed by atoms with E-state index in [1.807, 2.05) is 6.92 Å². The van der Waals surface area contributed by atoms with Crippen molar-refractivity contribution in [2.24, 2.45) is 11.8 Å². The van der Waals surface area contributed by atoms with E-state index in [1.165, 1.54) is 12.1 Å². The van der Waals surface area contributed by atoms with Crippen molar-refractivity contribution >= 4 is 5.91 Å². The van der Waals surface area contributed by atoms with E-state index in [0.717, 1.165) is 38.2 Å². The summed E-state index contributed by atoms with van der Waals surface area (Å²) >= 11 is 0. The number of rotatable bonds is 7. The Kier molecular flexibility index (Phi) is 8.36. The van der Waals surface area contributed by atoms with Gasteiger partial charge in [-0.25, -0.2) is 9.37 Å². The zero-order valence-corrected chi connectivity index (χ0v) is 20.8. The number of amides is 1. The number of pyridine rings is 1. The van der Waals surface area contributed by atoms with Gasteiger partial charge in [-0.3, -0.25) is 4.79 Å². The third kappa shape index (κ3) is 6.18. The molecule has 0 bridgehead atoms. The Morgan fingerprint density at radius 3 is 2.60 bits per heavy atom. The average Bonchev–Trinajstić information content (AvgIpc) is 2.86. The number of aromatic nitrogens is 1. The number of likely N-dealkylation sites (N-methyl/N-ethyl adjacent to an activating group) is 1. The smallest absolute Gasteiger partial charge is 0.259 e. The zero-order valence-electron chi connectivity index (χ0n) is 20.8. The first-order chi connectivity index (χ1) is 16.9. The van der Waals surface area contributed by atoms with Crippen LogP contribution in [0.2, 0.25) is 0 Å². The molecule has 0 aliphatic carbocycles. The van der Waals surface area contributed by atoms with E-state index in [4.69, 9.17) is 9.47 Å². The fourth-order valence-electron chi connectivity index (χ4n) is 4.87. The summed E-state index contributed by atoms with van der Waals surface area (Å²) in [7, 11) is 2.11. The van der Waals surface area contributed by atoms with Crippen molar-refractivity contribution in [3.8, 4) is 17.0 Å². The minimum absolute atomic E-state index is 0.0387. The summed E-state index contributed by atoms with van der Waals surface area (Å²) in [6, 6.07) is 7.51. The fraction of sp³-hybridized carbons (Fsp3) is 0.556. The summed E-state index contributed by atoms with van der Waals surface area (Å²) in [5.74, 6) is 0.397. The SMILES string of the molecule is C[C@H]1CN([C@@H](C)CO)C(=O)c2cc(-c3ccc(F)cc3)cnc2O[C@H]1CN(C)CC1CCOCC1. The van der Waals surface area contributed by atoms with Crippen molar-refractivity contribution in [3.05, 3.63) is 47.9 Å². The molecule has 0 spiro atoms. The number of carbonyl (C=O) groups excluding carboxylic acids is 1. The Bertz CT molecular complexity index is 996. The molecule has 1 aromatic heterocycles. The van der Waals surface area contributed by atoms with Crippen molar-refractivity contribution in [1.82, 2.24) is 14.8 Å². The summed E-state index contributed by atoms with van der Waals surface area (Å²) in [6.45, 7) is 7.57. The van der Waals surface area contributed by atoms with E-state index in [0.29, 0.717) is 36.0 Å². The van der Waals surface area contributed by atoms with Gasteiger partial charge in [-0.1, -0.05) is 19.1 Å². The molecule has 1 fully saturated rings. The largest absolute Gasteiger partial charge is 0.472 e. The lowest BCUT2D eigenvalue weighted by molar-refractivity contribution is 0.0254. The third-order valence-corrected chi connectivity index (χ3v) is 7.10. The standard InChI is InChI=1S/C27H36FN3O4/c1-18-14-31(19(2)17-32)27(33)24-12-22(21-4-6-23(28)7-5-21)13-29-26(24)35-25(18)16-30(3)15-20-8-10-34-11-9-20/h4-7,12-13,18-20,25,32H,8-11,14-17H2,1-3H3/t18-,19-,25-/m0/s1. The Balaban J connectivity index is 1.62. The highest BCUT2D eigenvalue weighted by molar-refractivity contribution is 5.98. The highest BCUT2D eigenvalue weighted by Crippen LogP contribution is 2.30. The minimum atomic E-state index is -0.342. The number of halogens is 1. The lowest BCUT2D eigenvalue weighted by Gasteiger charge is -2.38. The summed E-state index contributed by atoms with van der Waals surface area (Å²) in [6.07, 6.45) is 3.62. The molecule has 2 aromatic rings. The van der Waals surface area contributed by atoms with Crippen molar-refractivity contribution in [2.75, 3.05) is 46.5 Å². The average molecular weight is 486 g/mol. The Hall–Kier alpha value is -2.55. The molecule has 1 saturated heterocycles. The van der Waals surface area contributed by atoms with Gasteiger partial charge in [0.05, 0.1) is 12.6 Å². The van der Waals surface area contributed by atoms with E-state index in [-0.39, 0.29) is 36.4 Å². The van der Waals surface area contributed by atoms with Crippen molar-refractivity contribution in [1.29, 1.82) is 0 Å². The number of aliphatic hydroxyl groups is 1. The van der Waals surface area contributed by atoms with E-state index in [9.17, 15) is 14.3 Å². The fourth-order valence-corrected chi connectivity index (χ4v) is 4.87. The summed E-state index contributed by atoms with van der Waals surface area (Å²) in [4.78, 5) is 22.1. The topological polar surface area (TPSA) is 75.1 Å². The quantitative estimate of drug-likeness (QED) is 0.648. The molecule has 1 amide bonds. The number of carbonyl (C=O) groups is 1. The molecule has 0 saturated carbocycles. The first-order valence-electron chi connectivity index (χ1n) is 12.5. The van der Waals surface area contributed by atoms with E-state index in [1.54, 1.807) is 29.3 Å². The summed E-state index contributed by atoms with van der Waals surface area (Å²) in [5.41, 5.74) is 1.83. The van der Waals surface area contributed by atoms with Crippen LogP contribution in [0, 0.1) is 17.7 Å². The van der Waals surface area contributed by atoms with Gasteiger partial charge in [-0.15, -0.1) is 0 Å². The predicted octanol–water partition coefficient (Wildman–Crippen LogP) is 3.47. The summed E-state index contributed by atoms with van der Waals surface area (Å²) < 4.78 is 25.3. The highest BCUT2D eigenvalue weighted by atomic mass is 19.1. The molecule has 3 heterocycles. The number of ether oxygens (including phenoxy) is 2. The van der Waals surface area contributed by atoms with E-state index < -0.39 is 0 Å². The number of nitrogens with zero attached hydrogens (tertiary/aromatic N) is 3. The minimum Gasteiger partial charge on any atom is -0.472 e. The van der Waals surface area contributed by atoms with Gasteiger partial charge >= 0.3 is 0 Å². The lowest BCUT2D eigenvalue weighted by atomic mass is 9.97. The number of hydrogen-bond acceptors (Lipinski definition) is 6. The van der Waals surface area contributed by atoms with Crippen LogP contribution in [0.15, 0.2) is 36.5 Å². The molecule has 35 heavy (non-hydrogen) atoms. The van der Waals surface area contributed by atoms with Crippen LogP contribution in [0.3, 0.4) is 0 Å². The molecular formula is C27H36FN3O4. The maximum atomic E-state index is 13.6. The monoisotopic (exact) mass is 485 g/mol. The van der Waals surface area contributed by atoms with Crippen molar-refractivity contribution < 1.29 is 23.8 Å². The molecule has 1 aromatic carbocycles. The second-order valence-electron chi connectivity index (χ2n) is 9.98. The highest BCUT2D eigenvalue weighted by Gasteiger charge is 2.34.